The van der Waals surface area contributed by atoms with E-state index in [9.17, 15) is 0 Å². The minimum Gasteiger partial charge on any atom is -0.348 e. The number of aliphatic imine (C=N–C) groups is 1. The number of hydrogen-bond donors (Lipinski definition) is 0. The highest BCUT2D eigenvalue weighted by molar-refractivity contribution is 5.22. The quantitative estimate of drug-likeness (QED) is 0.454. The summed E-state index contributed by atoms with van der Waals surface area (Å²) in [6.45, 7) is 7.63. The summed E-state index contributed by atoms with van der Waals surface area (Å²) in [6, 6.07) is 0. The van der Waals surface area contributed by atoms with Crippen LogP contribution in [0, 0.1) is 0 Å². The van der Waals surface area contributed by atoms with E-state index in [2.05, 4.69) is 11.7 Å². The smallest absolute Gasteiger partial charge is 0.165 e. The van der Waals surface area contributed by atoms with Crippen LogP contribution in [0.5, 0.6) is 0 Å². The van der Waals surface area contributed by atoms with Gasteiger partial charge in [0.15, 0.2) is 5.79 Å². The summed E-state index contributed by atoms with van der Waals surface area (Å²) in [5.74, 6) is -0.343. The van der Waals surface area contributed by atoms with Crippen molar-refractivity contribution in [2.45, 2.75) is 25.6 Å². The Hall–Kier alpha value is -0.410. The molecule has 0 N–H and O–H groups in total. The standard InChI is InChI=1S/C8H15NO2/c1-8(4-3-5-9-2)10-6-7-11-8/h2-7H2,1H3. The molecule has 0 aromatic carbocycles. The fourth-order valence-electron chi connectivity index (χ4n) is 1.21. The molecule has 1 saturated heterocycles. The molecule has 0 aromatic rings. The molecule has 0 bridgehead atoms. The minimum atomic E-state index is -0.343. The average molecular weight is 157 g/mol. The van der Waals surface area contributed by atoms with E-state index in [-0.39, 0.29) is 5.79 Å². The third-order valence-corrected chi connectivity index (χ3v) is 1.85. The summed E-state index contributed by atoms with van der Waals surface area (Å²) < 4.78 is 10.8. The number of hydrogen-bond acceptors (Lipinski definition) is 3. The molecule has 0 saturated carbocycles. The Bertz CT molecular complexity index is 130. The second-order valence-corrected chi connectivity index (χ2v) is 2.88. The van der Waals surface area contributed by atoms with Crippen molar-refractivity contribution in [1.29, 1.82) is 0 Å². The van der Waals surface area contributed by atoms with Gasteiger partial charge in [0.05, 0.1) is 13.2 Å². The SMILES string of the molecule is C=NCCCC1(C)OCCO1. The van der Waals surface area contributed by atoms with Crippen LogP contribution in [0.25, 0.3) is 0 Å². The van der Waals surface area contributed by atoms with Gasteiger partial charge in [-0.05, 0) is 20.1 Å². The van der Waals surface area contributed by atoms with Crippen LogP contribution in [-0.2, 0) is 9.47 Å². The van der Waals surface area contributed by atoms with Crippen LogP contribution in [0.15, 0.2) is 4.99 Å². The van der Waals surface area contributed by atoms with Crippen LogP contribution >= 0.6 is 0 Å². The Labute approximate surface area is 67.4 Å². The van der Waals surface area contributed by atoms with E-state index in [1.54, 1.807) is 0 Å². The first-order valence-electron chi connectivity index (χ1n) is 3.97. The first-order chi connectivity index (χ1) is 5.27. The van der Waals surface area contributed by atoms with Crippen LogP contribution in [0.3, 0.4) is 0 Å². The summed E-state index contributed by atoms with van der Waals surface area (Å²) in [5.41, 5.74) is 0. The summed E-state index contributed by atoms with van der Waals surface area (Å²) >= 11 is 0. The number of rotatable bonds is 4. The van der Waals surface area contributed by atoms with Crippen LogP contribution in [0.4, 0.5) is 0 Å². The van der Waals surface area contributed by atoms with E-state index in [4.69, 9.17) is 9.47 Å². The van der Waals surface area contributed by atoms with Crippen LogP contribution in [-0.4, -0.2) is 32.3 Å². The van der Waals surface area contributed by atoms with Crippen LogP contribution < -0.4 is 0 Å². The van der Waals surface area contributed by atoms with E-state index in [1.165, 1.54) is 0 Å². The molecule has 0 radical (unpaired) electrons. The van der Waals surface area contributed by atoms with Gasteiger partial charge in [-0.3, -0.25) is 0 Å². The van der Waals surface area contributed by atoms with Gasteiger partial charge in [0.25, 0.3) is 0 Å². The van der Waals surface area contributed by atoms with Crippen molar-refractivity contribution < 1.29 is 9.47 Å². The molecule has 0 aliphatic carbocycles. The molecule has 1 aliphatic heterocycles. The first-order valence-corrected chi connectivity index (χ1v) is 3.97. The molecule has 1 rings (SSSR count). The molecule has 0 unspecified atom stereocenters. The van der Waals surface area contributed by atoms with Gasteiger partial charge in [-0.25, -0.2) is 0 Å². The highest BCUT2D eigenvalue weighted by Crippen LogP contribution is 2.23. The zero-order valence-electron chi connectivity index (χ0n) is 7.01. The minimum absolute atomic E-state index is 0.343. The Morgan fingerprint density at radius 3 is 2.64 bits per heavy atom. The molecular weight excluding hydrogens is 142 g/mol. The predicted octanol–water partition coefficient (Wildman–Crippen LogP) is 1.23. The normalized spacial score (nSPS) is 21.9. The monoisotopic (exact) mass is 157 g/mol. The third-order valence-electron chi connectivity index (χ3n) is 1.85. The second-order valence-electron chi connectivity index (χ2n) is 2.88. The Morgan fingerprint density at radius 1 is 1.45 bits per heavy atom. The van der Waals surface area contributed by atoms with Gasteiger partial charge >= 0.3 is 0 Å². The zero-order valence-corrected chi connectivity index (χ0v) is 7.01. The van der Waals surface area contributed by atoms with Crippen molar-refractivity contribution in [3.63, 3.8) is 0 Å². The molecular formula is C8H15NO2. The van der Waals surface area contributed by atoms with Crippen LogP contribution in [0.1, 0.15) is 19.8 Å². The predicted molar refractivity (Wildman–Crippen MR) is 44.0 cm³/mol. The largest absolute Gasteiger partial charge is 0.348 e. The fourth-order valence-corrected chi connectivity index (χ4v) is 1.21. The van der Waals surface area contributed by atoms with E-state index < -0.39 is 0 Å². The Morgan fingerprint density at radius 2 is 2.09 bits per heavy atom. The molecule has 0 atom stereocenters. The molecule has 1 heterocycles. The Kier molecular flexibility index (Phi) is 3.02. The van der Waals surface area contributed by atoms with Crippen molar-refractivity contribution in [1.82, 2.24) is 0 Å². The maximum absolute atomic E-state index is 5.40. The van der Waals surface area contributed by atoms with Gasteiger partial charge in [0.1, 0.15) is 0 Å². The highest BCUT2D eigenvalue weighted by Gasteiger charge is 2.29. The van der Waals surface area contributed by atoms with E-state index in [0.717, 1.165) is 32.6 Å². The summed E-state index contributed by atoms with van der Waals surface area (Å²) in [6.07, 6.45) is 1.89. The summed E-state index contributed by atoms with van der Waals surface area (Å²) in [7, 11) is 0. The highest BCUT2D eigenvalue weighted by atomic mass is 16.7. The molecule has 0 amide bonds. The van der Waals surface area contributed by atoms with E-state index >= 15 is 0 Å². The van der Waals surface area contributed by atoms with Crippen molar-refractivity contribution >= 4 is 6.72 Å². The van der Waals surface area contributed by atoms with E-state index in [1.807, 2.05) is 6.92 Å². The van der Waals surface area contributed by atoms with Gasteiger partial charge < -0.3 is 14.5 Å². The van der Waals surface area contributed by atoms with E-state index in [0.29, 0.717) is 0 Å². The lowest BCUT2D eigenvalue weighted by atomic mass is 10.2. The van der Waals surface area contributed by atoms with Gasteiger partial charge in [-0.15, -0.1) is 0 Å². The van der Waals surface area contributed by atoms with Crippen molar-refractivity contribution in [2.75, 3.05) is 19.8 Å². The van der Waals surface area contributed by atoms with Crippen LogP contribution in [0.2, 0.25) is 0 Å². The topological polar surface area (TPSA) is 30.8 Å². The molecule has 1 fully saturated rings. The molecule has 0 aromatic heterocycles. The van der Waals surface area contributed by atoms with Crippen molar-refractivity contribution in [2.24, 2.45) is 4.99 Å². The van der Waals surface area contributed by atoms with Gasteiger partial charge in [0.2, 0.25) is 0 Å². The molecule has 3 heteroatoms. The first kappa shape index (κ1) is 8.68. The fraction of sp³-hybridized carbons (Fsp3) is 0.875. The summed E-state index contributed by atoms with van der Waals surface area (Å²) in [4.78, 5) is 3.77. The third kappa shape index (κ3) is 2.60. The molecule has 3 nitrogen and oxygen atoms in total. The van der Waals surface area contributed by atoms with Crippen molar-refractivity contribution in [3.8, 4) is 0 Å². The lowest BCUT2D eigenvalue weighted by Crippen LogP contribution is -2.25. The lowest BCUT2D eigenvalue weighted by molar-refractivity contribution is -0.146. The average Bonchev–Trinajstić information content (AvgIpc) is 2.38. The molecule has 0 spiro atoms. The maximum Gasteiger partial charge on any atom is 0.165 e. The van der Waals surface area contributed by atoms with Crippen molar-refractivity contribution in [3.05, 3.63) is 0 Å². The zero-order chi connectivity index (χ0) is 8.16. The molecule has 64 valence electrons. The molecule has 1 aliphatic rings. The van der Waals surface area contributed by atoms with Gasteiger partial charge in [-0.2, -0.15) is 0 Å². The number of ether oxygens (including phenoxy) is 2. The summed E-state index contributed by atoms with van der Waals surface area (Å²) in [5, 5.41) is 0. The number of nitrogens with zero attached hydrogens (tertiary/aromatic N) is 1. The molecule has 11 heavy (non-hydrogen) atoms. The Balaban J connectivity index is 2.17. The maximum atomic E-state index is 5.40. The van der Waals surface area contributed by atoms with Gasteiger partial charge in [-0.1, -0.05) is 0 Å². The van der Waals surface area contributed by atoms with Gasteiger partial charge in [0, 0.05) is 13.0 Å². The lowest BCUT2D eigenvalue weighted by Gasteiger charge is -2.21. The second kappa shape index (κ2) is 3.83.